The number of nitrogens with one attached hydrogen (secondary N) is 1. The Hall–Kier alpha value is -2.68. The number of nitrogens with zero attached hydrogens (tertiary/aromatic N) is 3. The van der Waals surface area contributed by atoms with Crippen LogP contribution in [-0.2, 0) is 9.53 Å². The number of carbonyl (C=O) groups is 2. The number of carbonyl (C=O) groups excluding carboxylic acids is 2. The number of nitro groups is 1. The summed E-state index contributed by atoms with van der Waals surface area (Å²) in [5, 5.41) is 13.6. The molecule has 0 aromatic heterocycles. The number of rotatable bonds is 5. The molecule has 25 heavy (non-hydrogen) atoms. The number of non-ortho nitro benzene ring substituents is 1. The predicted octanol–water partition coefficient (Wildman–Crippen LogP) is 1.62. The topological polar surface area (TPSA) is 105 Å². The molecule has 1 fully saturated rings. The second kappa shape index (κ2) is 8.43. The van der Waals surface area contributed by atoms with Crippen LogP contribution in [0.1, 0.15) is 12.5 Å². The first-order valence-corrected chi connectivity index (χ1v) is 8.09. The Morgan fingerprint density at radius 2 is 1.96 bits per heavy atom. The number of nitro benzene ring substituents is 1. The molecule has 2 rings (SSSR count). The van der Waals surface area contributed by atoms with E-state index in [4.69, 9.17) is 4.74 Å². The summed E-state index contributed by atoms with van der Waals surface area (Å²) in [6, 6.07) is 4.36. The molecule has 1 aromatic carbocycles. The van der Waals surface area contributed by atoms with Crippen molar-refractivity contribution in [2.75, 3.05) is 44.6 Å². The standard InChI is InChI=1S/C16H22N4O5/c1-3-25-16(22)19-8-6-18(7-9-19)11-15(21)17-14-10-13(20(23)24)5-4-12(14)2/h4-5,10H,3,6-9,11H2,1-2H3,(H,17,21). The molecule has 9 nitrogen and oxygen atoms in total. The Labute approximate surface area is 145 Å². The van der Waals surface area contributed by atoms with Gasteiger partial charge in [-0.05, 0) is 19.4 Å². The van der Waals surface area contributed by atoms with Crippen molar-refractivity contribution in [3.63, 3.8) is 0 Å². The van der Waals surface area contributed by atoms with Gasteiger partial charge in [0.15, 0.2) is 0 Å². The van der Waals surface area contributed by atoms with Crippen LogP contribution >= 0.6 is 0 Å². The molecule has 9 heteroatoms. The molecule has 2 amide bonds. The minimum absolute atomic E-state index is 0.0658. The van der Waals surface area contributed by atoms with Gasteiger partial charge >= 0.3 is 6.09 Å². The van der Waals surface area contributed by atoms with Gasteiger partial charge in [0, 0.05) is 38.3 Å². The van der Waals surface area contributed by atoms with Crippen molar-refractivity contribution in [2.45, 2.75) is 13.8 Å². The number of aryl methyl sites for hydroxylation is 1. The summed E-state index contributed by atoms with van der Waals surface area (Å²) in [5.41, 5.74) is 1.12. The summed E-state index contributed by atoms with van der Waals surface area (Å²) in [6.07, 6.45) is -0.334. The van der Waals surface area contributed by atoms with Crippen molar-refractivity contribution in [1.29, 1.82) is 0 Å². The summed E-state index contributed by atoms with van der Waals surface area (Å²) in [5.74, 6) is -0.242. The molecule has 1 aliphatic rings. The van der Waals surface area contributed by atoms with Crippen LogP contribution in [0.3, 0.4) is 0 Å². The molecule has 1 aliphatic heterocycles. The van der Waals surface area contributed by atoms with Gasteiger partial charge in [0.25, 0.3) is 5.69 Å². The number of hydrogen-bond acceptors (Lipinski definition) is 6. The molecule has 1 aromatic rings. The first kappa shape index (κ1) is 18.7. The van der Waals surface area contributed by atoms with Gasteiger partial charge in [-0.25, -0.2) is 4.79 Å². The second-order valence-corrected chi connectivity index (χ2v) is 5.77. The van der Waals surface area contributed by atoms with Crippen LogP contribution in [0.2, 0.25) is 0 Å². The van der Waals surface area contributed by atoms with E-state index in [0.717, 1.165) is 5.56 Å². The number of hydrogen-bond donors (Lipinski definition) is 1. The van der Waals surface area contributed by atoms with Gasteiger partial charge in [-0.1, -0.05) is 6.07 Å². The Morgan fingerprint density at radius 3 is 2.56 bits per heavy atom. The first-order valence-electron chi connectivity index (χ1n) is 8.09. The molecule has 0 bridgehead atoms. The summed E-state index contributed by atoms with van der Waals surface area (Å²) in [7, 11) is 0. The molecule has 1 saturated heterocycles. The lowest BCUT2D eigenvalue weighted by molar-refractivity contribution is -0.384. The van der Waals surface area contributed by atoms with Gasteiger partial charge in [0.05, 0.1) is 23.8 Å². The van der Waals surface area contributed by atoms with Crippen molar-refractivity contribution in [1.82, 2.24) is 9.80 Å². The van der Waals surface area contributed by atoms with Crippen molar-refractivity contribution in [2.24, 2.45) is 0 Å². The van der Waals surface area contributed by atoms with Gasteiger partial charge in [0.1, 0.15) is 0 Å². The maximum absolute atomic E-state index is 12.2. The van der Waals surface area contributed by atoms with Gasteiger partial charge in [0.2, 0.25) is 5.91 Å². The maximum Gasteiger partial charge on any atom is 0.409 e. The molecule has 0 unspecified atom stereocenters. The normalized spacial score (nSPS) is 14.9. The molecular formula is C16H22N4O5. The van der Waals surface area contributed by atoms with Crippen molar-refractivity contribution < 1.29 is 19.2 Å². The Bertz CT molecular complexity index is 656. The smallest absolute Gasteiger partial charge is 0.409 e. The van der Waals surface area contributed by atoms with E-state index in [-0.39, 0.29) is 24.2 Å². The molecule has 136 valence electrons. The van der Waals surface area contributed by atoms with E-state index in [1.54, 1.807) is 24.8 Å². The van der Waals surface area contributed by atoms with E-state index in [2.05, 4.69) is 5.32 Å². The summed E-state index contributed by atoms with van der Waals surface area (Å²) < 4.78 is 4.95. The molecule has 0 saturated carbocycles. The Kier molecular flexibility index (Phi) is 6.29. The monoisotopic (exact) mass is 350 g/mol. The zero-order chi connectivity index (χ0) is 18.4. The van der Waals surface area contributed by atoms with Crippen LogP contribution in [-0.4, -0.2) is 66.1 Å². The molecule has 0 spiro atoms. The second-order valence-electron chi connectivity index (χ2n) is 5.77. The molecule has 0 aliphatic carbocycles. The largest absolute Gasteiger partial charge is 0.450 e. The SMILES string of the molecule is CCOC(=O)N1CCN(CC(=O)Nc2cc([N+](=O)[O-])ccc2C)CC1. The highest BCUT2D eigenvalue weighted by molar-refractivity contribution is 5.93. The minimum atomic E-state index is -0.496. The van der Waals surface area contributed by atoms with E-state index < -0.39 is 4.92 Å². The van der Waals surface area contributed by atoms with Crippen molar-refractivity contribution in [3.8, 4) is 0 Å². The summed E-state index contributed by atoms with van der Waals surface area (Å²) in [4.78, 5) is 37.7. The van der Waals surface area contributed by atoms with Crippen LogP contribution in [0.5, 0.6) is 0 Å². The van der Waals surface area contributed by atoms with Crippen molar-refractivity contribution in [3.05, 3.63) is 33.9 Å². The predicted molar refractivity (Wildman–Crippen MR) is 91.5 cm³/mol. The average Bonchev–Trinajstić information content (AvgIpc) is 2.57. The lowest BCUT2D eigenvalue weighted by Crippen LogP contribution is -2.50. The van der Waals surface area contributed by atoms with Crippen LogP contribution in [0.15, 0.2) is 18.2 Å². The zero-order valence-electron chi connectivity index (χ0n) is 14.4. The Balaban J connectivity index is 1.86. The van der Waals surface area contributed by atoms with Gasteiger partial charge < -0.3 is 15.0 Å². The maximum atomic E-state index is 12.2. The third-order valence-electron chi connectivity index (χ3n) is 3.97. The molecule has 1 N–H and O–H groups in total. The highest BCUT2D eigenvalue weighted by atomic mass is 16.6. The van der Waals surface area contributed by atoms with Crippen molar-refractivity contribution >= 4 is 23.4 Å². The number of piperazine rings is 1. The van der Waals surface area contributed by atoms with E-state index in [1.165, 1.54) is 12.1 Å². The first-order chi connectivity index (χ1) is 11.9. The summed E-state index contributed by atoms with van der Waals surface area (Å²) in [6.45, 7) is 6.18. The van der Waals surface area contributed by atoms with Crippen LogP contribution < -0.4 is 5.32 Å². The number of benzene rings is 1. The van der Waals surface area contributed by atoms with E-state index in [9.17, 15) is 19.7 Å². The molecular weight excluding hydrogens is 328 g/mol. The lowest BCUT2D eigenvalue weighted by Gasteiger charge is -2.33. The highest BCUT2D eigenvalue weighted by Crippen LogP contribution is 2.21. The molecule has 0 radical (unpaired) electrons. The van der Waals surface area contributed by atoms with Crippen LogP contribution in [0.4, 0.5) is 16.2 Å². The molecule has 1 heterocycles. The number of anilines is 1. The third-order valence-corrected chi connectivity index (χ3v) is 3.97. The zero-order valence-corrected chi connectivity index (χ0v) is 14.4. The van der Waals surface area contributed by atoms with E-state index >= 15 is 0 Å². The quantitative estimate of drug-likeness (QED) is 0.639. The average molecular weight is 350 g/mol. The minimum Gasteiger partial charge on any atom is -0.450 e. The fourth-order valence-electron chi connectivity index (χ4n) is 2.55. The number of ether oxygens (including phenoxy) is 1. The highest BCUT2D eigenvalue weighted by Gasteiger charge is 2.23. The summed E-state index contributed by atoms with van der Waals surface area (Å²) >= 11 is 0. The van der Waals surface area contributed by atoms with Gasteiger partial charge in [-0.15, -0.1) is 0 Å². The fraction of sp³-hybridized carbons (Fsp3) is 0.500. The third kappa shape index (κ3) is 5.15. The van der Waals surface area contributed by atoms with E-state index in [1.807, 2.05) is 4.90 Å². The Morgan fingerprint density at radius 1 is 1.28 bits per heavy atom. The van der Waals surface area contributed by atoms with E-state index in [0.29, 0.717) is 38.5 Å². The van der Waals surface area contributed by atoms with Crippen LogP contribution in [0.25, 0.3) is 0 Å². The lowest BCUT2D eigenvalue weighted by atomic mass is 10.2. The number of amides is 2. The van der Waals surface area contributed by atoms with Gasteiger partial charge in [-0.3, -0.25) is 19.8 Å². The van der Waals surface area contributed by atoms with Crippen LogP contribution in [0, 0.1) is 17.0 Å². The fourth-order valence-corrected chi connectivity index (χ4v) is 2.55. The van der Waals surface area contributed by atoms with Gasteiger partial charge in [-0.2, -0.15) is 0 Å². The molecule has 0 atom stereocenters.